The lowest BCUT2D eigenvalue weighted by Gasteiger charge is -2.22. The molecule has 0 spiro atoms. The molecule has 1 aliphatic heterocycles. The molecule has 184 valence electrons. The first-order chi connectivity index (χ1) is 16.0. The van der Waals surface area contributed by atoms with E-state index in [0.29, 0.717) is 16.6 Å². The van der Waals surface area contributed by atoms with Crippen LogP contribution in [0.5, 0.6) is 0 Å². The average molecular weight is 547 g/mol. The standard InChI is InChI=1S/C23H26Cl3N3O4S/c1-34(32,33)11-9-21(28-22(30)16-4-7-19(25)20(26)12-16)23(31)27-18-8-10-29(14-18)13-15-2-5-17(24)6-3-15/h2-7,12,18,21H,8-11,13-14H2,1H3,(H,27,31)(H,28,30)/t18-,21+/m1/s1. The Kier molecular flexibility index (Phi) is 9.23. The number of hydrogen-bond acceptors (Lipinski definition) is 5. The minimum absolute atomic E-state index is 0.0427. The van der Waals surface area contributed by atoms with Crippen LogP contribution in [-0.2, 0) is 21.2 Å². The highest BCUT2D eigenvalue weighted by atomic mass is 35.5. The van der Waals surface area contributed by atoms with Crippen LogP contribution in [-0.4, -0.2) is 62.3 Å². The summed E-state index contributed by atoms with van der Waals surface area (Å²) in [5.74, 6) is -1.20. The normalized spacial score (nSPS) is 17.4. The number of likely N-dealkylation sites (tertiary alicyclic amines) is 1. The molecule has 34 heavy (non-hydrogen) atoms. The summed E-state index contributed by atoms with van der Waals surface area (Å²) in [4.78, 5) is 27.9. The van der Waals surface area contributed by atoms with Gasteiger partial charge in [0.05, 0.1) is 15.8 Å². The molecule has 0 radical (unpaired) electrons. The zero-order valence-corrected chi connectivity index (χ0v) is 21.6. The van der Waals surface area contributed by atoms with Crippen LogP contribution in [0.15, 0.2) is 42.5 Å². The number of nitrogens with zero attached hydrogens (tertiary/aromatic N) is 1. The largest absolute Gasteiger partial charge is 0.350 e. The Hall–Kier alpha value is -1.84. The highest BCUT2D eigenvalue weighted by molar-refractivity contribution is 7.90. The van der Waals surface area contributed by atoms with E-state index in [-0.39, 0.29) is 28.8 Å². The Morgan fingerprint density at radius 3 is 2.44 bits per heavy atom. The second-order valence-electron chi connectivity index (χ2n) is 8.43. The van der Waals surface area contributed by atoms with Crippen molar-refractivity contribution in [3.63, 3.8) is 0 Å². The fourth-order valence-electron chi connectivity index (χ4n) is 3.72. The molecule has 2 N–H and O–H groups in total. The molecular weight excluding hydrogens is 521 g/mol. The van der Waals surface area contributed by atoms with Crippen molar-refractivity contribution in [2.24, 2.45) is 0 Å². The molecule has 1 heterocycles. The minimum atomic E-state index is -3.33. The van der Waals surface area contributed by atoms with Gasteiger partial charge in [-0.3, -0.25) is 14.5 Å². The molecule has 7 nitrogen and oxygen atoms in total. The number of carbonyl (C=O) groups is 2. The van der Waals surface area contributed by atoms with Crippen LogP contribution in [0.4, 0.5) is 0 Å². The first-order valence-electron chi connectivity index (χ1n) is 10.7. The van der Waals surface area contributed by atoms with Gasteiger partial charge in [-0.25, -0.2) is 8.42 Å². The molecule has 0 aliphatic carbocycles. The Balaban J connectivity index is 1.62. The van der Waals surface area contributed by atoms with Crippen molar-refractivity contribution in [1.82, 2.24) is 15.5 Å². The number of amides is 2. The maximum absolute atomic E-state index is 13.0. The van der Waals surface area contributed by atoms with Gasteiger partial charge in [0.1, 0.15) is 15.9 Å². The summed E-state index contributed by atoms with van der Waals surface area (Å²) in [6, 6.07) is 10.9. The molecule has 1 fully saturated rings. The van der Waals surface area contributed by atoms with Gasteiger partial charge < -0.3 is 10.6 Å². The predicted octanol–water partition coefficient (Wildman–Crippen LogP) is 3.57. The molecule has 3 rings (SSSR count). The molecule has 0 bridgehead atoms. The van der Waals surface area contributed by atoms with Crippen molar-refractivity contribution in [2.45, 2.75) is 31.5 Å². The van der Waals surface area contributed by atoms with Gasteiger partial charge in [0.2, 0.25) is 5.91 Å². The van der Waals surface area contributed by atoms with E-state index in [1.54, 1.807) is 0 Å². The van der Waals surface area contributed by atoms with E-state index in [0.717, 1.165) is 31.3 Å². The Bertz CT molecular complexity index is 1140. The quantitative estimate of drug-likeness (QED) is 0.501. The fraction of sp³-hybridized carbons (Fsp3) is 0.391. The summed E-state index contributed by atoms with van der Waals surface area (Å²) >= 11 is 17.8. The molecule has 0 aromatic heterocycles. The van der Waals surface area contributed by atoms with E-state index in [2.05, 4.69) is 15.5 Å². The molecule has 1 aliphatic rings. The van der Waals surface area contributed by atoms with Crippen molar-refractivity contribution in [3.05, 3.63) is 68.7 Å². The average Bonchev–Trinajstić information content (AvgIpc) is 3.20. The molecule has 2 amide bonds. The summed E-state index contributed by atoms with van der Waals surface area (Å²) < 4.78 is 23.4. The monoisotopic (exact) mass is 545 g/mol. The molecule has 1 saturated heterocycles. The maximum Gasteiger partial charge on any atom is 0.251 e. The third-order valence-corrected chi connectivity index (χ3v) is 7.49. The van der Waals surface area contributed by atoms with Crippen molar-refractivity contribution in [3.8, 4) is 0 Å². The maximum atomic E-state index is 13.0. The number of sulfone groups is 1. The predicted molar refractivity (Wildman–Crippen MR) is 135 cm³/mol. The number of hydrogen-bond donors (Lipinski definition) is 2. The lowest BCUT2D eigenvalue weighted by molar-refractivity contribution is -0.123. The number of nitrogens with one attached hydrogen (secondary N) is 2. The van der Waals surface area contributed by atoms with Crippen molar-refractivity contribution in [2.75, 3.05) is 25.1 Å². The van der Waals surface area contributed by atoms with E-state index in [4.69, 9.17) is 34.8 Å². The molecule has 2 atom stereocenters. The minimum Gasteiger partial charge on any atom is -0.350 e. The SMILES string of the molecule is CS(=O)(=O)CC[C@H](NC(=O)c1ccc(Cl)c(Cl)c1)C(=O)N[C@@H]1CCN(Cc2ccc(Cl)cc2)C1. The summed E-state index contributed by atoms with van der Waals surface area (Å²) in [5.41, 5.74) is 1.35. The lowest BCUT2D eigenvalue weighted by atomic mass is 10.1. The Morgan fingerprint density at radius 2 is 1.79 bits per heavy atom. The van der Waals surface area contributed by atoms with Gasteiger partial charge in [-0.15, -0.1) is 0 Å². The van der Waals surface area contributed by atoms with Crippen LogP contribution < -0.4 is 10.6 Å². The van der Waals surface area contributed by atoms with Crippen molar-refractivity contribution in [1.29, 1.82) is 0 Å². The van der Waals surface area contributed by atoms with Crippen LogP contribution in [0.2, 0.25) is 15.1 Å². The highest BCUT2D eigenvalue weighted by Crippen LogP contribution is 2.22. The first kappa shape index (κ1) is 26.8. The van der Waals surface area contributed by atoms with E-state index < -0.39 is 27.7 Å². The molecule has 0 unspecified atom stereocenters. The van der Waals surface area contributed by atoms with Crippen LogP contribution in [0.3, 0.4) is 0 Å². The Morgan fingerprint density at radius 1 is 1.09 bits per heavy atom. The zero-order chi connectivity index (χ0) is 24.9. The summed E-state index contributed by atoms with van der Waals surface area (Å²) in [7, 11) is -3.33. The number of carbonyl (C=O) groups excluding carboxylic acids is 2. The van der Waals surface area contributed by atoms with Crippen LogP contribution >= 0.6 is 34.8 Å². The Labute approximate surface area is 214 Å². The lowest BCUT2D eigenvalue weighted by Crippen LogP contribution is -2.50. The topological polar surface area (TPSA) is 95.6 Å². The first-order valence-corrected chi connectivity index (χ1v) is 13.9. The number of benzene rings is 2. The van der Waals surface area contributed by atoms with Crippen molar-refractivity contribution >= 4 is 56.5 Å². The van der Waals surface area contributed by atoms with E-state index >= 15 is 0 Å². The van der Waals surface area contributed by atoms with Crippen LogP contribution in [0.1, 0.15) is 28.8 Å². The molecule has 0 saturated carbocycles. The van der Waals surface area contributed by atoms with Gasteiger partial charge in [0, 0.05) is 42.5 Å². The molecular formula is C23H26Cl3N3O4S. The third kappa shape index (κ3) is 8.13. The van der Waals surface area contributed by atoms with Gasteiger partial charge in [-0.2, -0.15) is 0 Å². The van der Waals surface area contributed by atoms with Gasteiger partial charge in [0.15, 0.2) is 0 Å². The second-order valence-corrected chi connectivity index (χ2v) is 11.9. The second kappa shape index (κ2) is 11.7. The van der Waals surface area contributed by atoms with E-state index in [1.165, 1.54) is 18.2 Å². The molecule has 11 heteroatoms. The van der Waals surface area contributed by atoms with E-state index in [9.17, 15) is 18.0 Å². The van der Waals surface area contributed by atoms with Crippen LogP contribution in [0.25, 0.3) is 0 Å². The zero-order valence-electron chi connectivity index (χ0n) is 18.6. The summed E-state index contributed by atoms with van der Waals surface area (Å²) in [6.45, 7) is 2.18. The van der Waals surface area contributed by atoms with Crippen molar-refractivity contribution < 1.29 is 18.0 Å². The van der Waals surface area contributed by atoms with Gasteiger partial charge in [0.25, 0.3) is 5.91 Å². The fourth-order valence-corrected chi connectivity index (χ4v) is 4.81. The smallest absolute Gasteiger partial charge is 0.251 e. The van der Waals surface area contributed by atoms with E-state index in [1.807, 2.05) is 24.3 Å². The third-order valence-electron chi connectivity index (χ3n) is 5.52. The van der Waals surface area contributed by atoms with Gasteiger partial charge in [-0.05, 0) is 48.7 Å². The van der Waals surface area contributed by atoms with Gasteiger partial charge in [-0.1, -0.05) is 46.9 Å². The van der Waals surface area contributed by atoms with Crippen LogP contribution in [0, 0.1) is 0 Å². The summed E-state index contributed by atoms with van der Waals surface area (Å²) in [5, 5.41) is 6.78. The highest BCUT2D eigenvalue weighted by Gasteiger charge is 2.29. The molecule has 2 aromatic rings. The molecule has 2 aromatic carbocycles. The number of rotatable bonds is 9. The summed E-state index contributed by atoms with van der Waals surface area (Å²) in [6.07, 6.45) is 1.80. The van der Waals surface area contributed by atoms with Gasteiger partial charge >= 0.3 is 0 Å². The number of halogens is 3.